The van der Waals surface area contributed by atoms with Gasteiger partial charge in [0.1, 0.15) is 0 Å². The lowest BCUT2D eigenvalue weighted by molar-refractivity contribution is -0.145. The zero-order valence-electron chi connectivity index (χ0n) is 24.9. The highest BCUT2D eigenvalue weighted by Gasteiger charge is 2.11. The largest absolute Gasteiger partial charge is 0.466 e. The SMILES string of the molecule is CCC(CCCCCCCCCCCCCCCC(=O)OCCC(C)C)CCC(=O)OCCC(C)C. The highest BCUT2D eigenvalue weighted by molar-refractivity contribution is 5.69. The first-order chi connectivity index (χ1) is 17.3. The number of carbonyl (C=O) groups excluding carboxylic acids is 2. The van der Waals surface area contributed by atoms with Gasteiger partial charge in [0.2, 0.25) is 0 Å². The van der Waals surface area contributed by atoms with Crippen LogP contribution in [0.2, 0.25) is 0 Å². The molecule has 0 aliphatic rings. The summed E-state index contributed by atoms with van der Waals surface area (Å²) in [5.41, 5.74) is 0. The van der Waals surface area contributed by atoms with E-state index >= 15 is 0 Å². The maximum Gasteiger partial charge on any atom is 0.305 e. The zero-order chi connectivity index (χ0) is 26.9. The third-order valence-corrected chi connectivity index (χ3v) is 7.24. The van der Waals surface area contributed by atoms with Crippen LogP contribution in [-0.2, 0) is 19.1 Å². The normalized spacial score (nSPS) is 12.3. The summed E-state index contributed by atoms with van der Waals surface area (Å²) in [6.07, 6.45) is 23.4. The Morgan fingerprint density at radius 3 is 1.31 bits per heavy atom. The monoisotopic (exact) mass is 510 g/mol. The third-order valence-electron chi connectivity index (χ3n) is 7.24. The smallest absolute Gasteiger partial charge is 0.305 e. The molecule has 0 saturated heterocycles. The van der Waals surface area contributed by atoms with Crippen LogP contribution in [0.25, 0.3) is 0 Å². The summed E-state index contributed by atoms with van der Waals surface area (Å²) >= 11 is 0. The molecular formula is C32H62O4. The Morgan fingerprint density at radius 2 is 0.889 bits per heavy atom. The minimum Gasteiger partial charge on any atom is -0.466 e. The number of ether oxygens (including phenoxy) is 2. The van der Waals surface area contributed by atoms with Crippen molar-refractivity contribution in [1.29, 1.82) is 0 Å². The quantitative estimate of drug-likeness (QED) is 0.0858. The van der Waals surface area contributed by atoms with E-state index in [0.717, 1.165) is 32.1 Å². The molecule has 0 spiro atoms. The molecule has 0 radical (unpaired) electrons. The second kappa shape index (κ2) is 25.6. The second-order valence-electron chi connectivity index (χ2n) is 11.8. The van der Waals surface area contributed by atoms with Gasteiger partial charge in [0.25, 0.3) is 0 Å². The molecule has 1 unspecified atom stereocenters. The first-order valence-corrected chi connectivity index (χ1v) is 15.7. The van der Waals surface area contributed by atoms with Crippen molar-refractivity contribution < 1.29 is 19.1 Å². The Labute approximate surface area is 225 Å². The summed E-state index contributed by atoms with van der Waals surface area (Å²) < 4.78 is 10.6. The fraction of sp³-hybridized carbons (Fsp3) is 0.938. The van der Waals surface area contributed by atoms with Crippen LogP contribution in [-0.4, -0.2) is 25.2 Å². The molecule has 0 amide bonds. The van der Waals surface area contributed by atoms with Gasteiger partial charge in [-0.15, -0.1) is 0 Å². The molecule has 0 N–H and O–H groups in total. The van der Waals surface area contributed by atoms with Crippen LogP contribution in [0.5, 0.6) is 0 Å². The Kier molecular flexibility index (Phi) is 24.8. The number of hydrogen-bond donors (Lipinski definition) is 0. The number of rotatable bonds is 26. The van der Waals surface area contributed by atoms with Gasteiger partial charge in [-0.25, -0.2) is 0 Å². The summed E-state index contributed by atoms with van der Waals surface area (Å²) in [4.78, 5) is 23.5. The van der Waals surface area contributed by atoms with E-state index in [1.165, 1.54) is 83.5 Å². The van der Waals surface area contributed by atoms with Gasteiger partial charge in [-0.3, -0.25) is 9.59 Å². The molecule has 0 aromatic rings. The number of hydrogen-bond acceptors (Lipinski definition) is 4. The highest BCUT2D eigenvalue weighted by atomic mass is 16.5. The van der Waals surface area contributed by atoms with E-state index < -0.39 is 0 Å². The van der Waals surface area contributed by atoms with E-state index in [4.69, 9.17) is 9.47 Å². The van der Waals surface area contributed by atoms with E-state index in [2.05, 4.69) is 34.6 Å². The van der Waals surface area contributed by atoms with E-state index in [-0.39, 0.29) is 11.9 Å². The Balaban J connectivity index is 3.38. The van der Waals surface area contributed by atoms with E-state index in [9.17, 15) is 9.59 Å². The molecule has 0 bridgehead atoms. The van der Waals surface area contributed by atoms with Crippen LogP contribution in [0.4, 0.5) is 0 Å². The van der Waals surface area contributed by atoms with Crippen LogP contribution in [0.15, 0.2) is 0 Å². The lowest BCUT2D eigenvalue weighted by atomic mass is 9.93. The first kappa shape index (κ1) is 34.9. The number of carbonyl (C=O) groups is 2. The second-order valence-corrected chi connectivity index (χ2v) is 11.8. The molecule has 0 heterocycles. The van der Waals surface area contributed by atoms with Crippen LogP contribution in [0, 0.1) is 17.8 Å². The molecule has 214 valence electrons. The molecule has 4 heteroatoms. The maximum atomic E-state index is 11.9. The summed E-state index contributed by atoms with van der Waals surface area (Å²) in [7, 11) is 0. The van der Waals surface area contributed by atoms with Crippen molar-refractivity contribution in [2.75, 3.05) is 13.2 Å². The van der Waals surface area contributed by atoms with Gasteiger partial charge in [0.15, 0.2) is 0 Å². The van der Waals surface area contributed by atoms with Gasteiger partial charge in [-0.2, -0.15) is 0 Å². The Morgan fingerprint density at radius 1 is 0.500 bits per heavy atom. The van der Waals surface area contributed by atoms with Crippen molar-refractivity contribution in [3.63, 3.8) is 0 Å². The molecule has 0 saturated carbocycles. The third kappa shape index (κ3) is 26.0. The fourth-order valence-electron chi connectivity index (χ4n) is 4.48. The molecule has 0 aromatic carbocycles. The van der Waals surface area contributed by atoms with Crippen molar-refractivity contribution >= 4 is 11.9 Å². The molecule has 0 fully saturated rings. The molecule has 36 heavy (non-hydrogen) atoms. The summed E-state index contributed by atoms with van der Waals surface area (Å²) in [6, 6.07) is 0. The Hall–Kier alpha value is -1.06. The standard InChI is InChI=1S/C32H62O4/c1-6-30(22-23-32(34)36-27-25-29(4)5)20-18-16-14-12-10-8-7-9-11-13-15-17-19-21-31(33)35-26-24-28(2)3/h28-30H,6-27H2,1-5H3. The van der Waals surface area contributed by atoms with E-state index in [1.54, 1.807) is 0 Å². The van der Waals surface area contributed by atoms with Crippen molar-refractivity contribution in [2.45, 2.75) is 163 Å². The average Bonchev–Trinajstić information content (AvgIpc) is 2.82. The summed E-state index contributed by atoms with van der Waals surface area (Å²) in [6.45, 7) is 12.0. The van der Waals surface area contributed by atoms with E-state index in [1.807, 2.05) is 0 Å². The van der Waals surface area contributed by atoms with Gasteiger partial charge in [-0.05, 0) is 43.4 Å². The molecule has 0 aromatic heterocycles. The van der Waals surface area contributed by atoms with Crippen LogP contribution >= 0.6 is 0 Å². The molecule has 0 aliphatic heterocycles. The zero-order valence-corrected chi connectivity index (χ0v) is 24.9. The average molecular weight is 511 g/mol. The summed E-state index contributed by atoms with van der Waals surface area (Å²) in [5, 5.41) is 0. The Bertz CT molecular complexity index is 500. The fourth-order valence-corrected chi connectivity index (χ4v) is 4.48. The molecule has 1 atom stereocenters. The van der Waals surface area contributed by atoms with Crippen LogP contribution in [0.3, 0.4) is 0 Å². The van der Waals surface area contributed by atoms with Gasteiger partial charge in [0.05, 0.1) is 13.2 Å². The molecule has 0 aliphatic carbocycles. The van der Waals surface area contributed by atoms with Crippen LogP contribution in [0.1, 0.15) is 163 Å². The topological polar surface area (TPSA) is 52.6 Å². The van der Waals surface area contributed by atoms with Crippen molar-refractivity contribution in [3.05, 3.63) is 0 Å². The van der Waals surface area contributed by atoms with E-state index in [0.29, 0.717) is 43.8 Å². The minimum atomic E-state index is -0.0182. The molecule has 4 nitrogen and oxygen atoms in total. The van der Waals surface area contributed by atoms with Gasteiger partial charge >= 0.3 is 11.9 Å². The first-order valence-electron chi connectivity index (χ1n) is 15.7. The lowest BCUT2D eigenvalue weighted by Gasteiger charge is -2.14. The minimum absolute atomic E-state index is 0.0106. The molecule has 0 rings (SSSR count). The highest BCUT2D eigenvalue weighted by Crippen LogP contribution is 2.20. The van der Waals surface area contributed by atoms with Crippen molar-refractivity contribution in [1.82, 2.24) is 0 Å². The summed E-state index contributed by atoms with van der Waals surface area (Å²) in [5.74, 6) is 1.83. The van der Waals surface area contributed by atoms with Gasteiger partial charge in [-0.1, -0.05) is 125 Å². The molecular weight excluding hydrogens is 448 g/mol. The van der Waals surface area contributed by atoms with Crippen molar-refractivity contribution in [2.24, 2.45) is 17.8 Å². The number of unbranched alkanes of at least 4 members (excludes halogenated alkanes) is 12. The predicted molar refractivity (Wildman–Crippen MR) is 153 cm³/mol. The van der Waals surface area contributed by atoms with Crippen LogP contribution < -0.4 is 0 Å². The number of esters is 2. The maximum absolute atomic E-state index is 11.9. The van der Waals surface area contributed by atoms with Gasteiger partial charge in [0, 0.05) is 12.8 Å². The van der Waals surface area contributed by atoms with Crippen molar-refractivity contribution in [3.8, 4) is 0 Å². The van der Waals surface area contributed by atoms with Gasteiger partial charge < -0.3 is 9.47 Å². The lowest BCUT2D eigenvalue weighted by Crippen LogP contribution is -2.10. The predicted octanol–water partition coefficient (Wildman–Crippen LogP) is 9.82.